The lowest BCUT2D eigenvalue weighted by Crippen LogP contribution is -3.16. The van der Waals surface area contributed by atoms with Crippen LogP contribution in [0.3, 0.4) is 0 Å². The molecule has 0 aliphatic carbocycles. The van der Waals surface area contributed by atoms with Gasteiger partial charge in [0.05, 0.1) is 33.3 Å². The van der Waals surface area contributed by atoms with Crippen LogP contribution in [-0.4, -0.2) is 58.1 Å². The maximum atomic E-state index is 12.3. The molecule has 1 aliphatic rings. The average molecular weight is 397 g/mol. The number of methoxy groups -OCH3 is 1. The van der Waals surface area contributed by atoms with E-state index in [0.29, 0.717) is 13.1 Å². The van der Waals surface area contributed by atoms with E-state index < -0.39 is 0 Å². The van der Waals surface area contributed by atoms with E-state index in [0.717, 1.165) is 49.6 Å². The Morgan fingerprint density at radius 3 is 2.28 bits per heavy atom. The molecule has 2 aromatic carbocycles. The van der Waals surface area contributed by atoms with Gasteiger partial charge in [0, 0.05) is 17.8 Å². The second-order valence-electron chi connectivity index (χ2n) is 7.46. The van der Waals surface area contributed by atoms with Gasteiger partial charge in [-0.05, 0) is 55.3 Å². The van der Waals surface area contributed by atoms with Gasteiger partial charge in [0.2, 0.25) is 0 Å². The number of hydrogen-bond acceptors (Lipinski definition) is 4. The van der Waals surface area contributed by atoms with Crippen molar-refractivity contribution >= 4 is 17.4 Å². The minimum atomic E-state index is 0.0869. The molecule has 3 rings (SSSR count). The van der Waals surface area contributed by atoms with E-state index in [9.17, 15) is 9.59 Å². The summed E-state index contributed by atoms with van der Waals surface area (Å²) in [5.74, 6) is 1.03. The third-order valence-electron chi connectivity index (χ3n) is 5.41. The van der Waals surface area contributed by atoms with Gasteiger partial charge in [-0.15, -0.1) is 0 Å². The number of carbonyl (C=O) groups is 2. The Morgan fingerprint density at radius 1 is 1.03 bits per heavy atom. The van der Waals surface area contributed by atoms with Crippen molar-refractivity contribution in [3.8, 4) is 5.75 Å². The van der Waals surface area contributed by atoms with Crippen LogP contribution in [0.15, 0.2) is 48.5 Å². The Kier molecular flexibility index (Phi) is 7.25. The van der Waals surface area contributed by atoms with Crippen molar-refractivity contribution in [2.24, 2.45) is 0 Å². The highest BCUT2D eigenvalue weighted by molar-refractivity contribution is 5.94. The Hall–Kier alpha value is -2.86. The molecule has 0 bridgehead atoms. The summed E-state index contributed by atoms with van der Waals surface area (Å²) >= 11 is 0. The number of nitrogens with one attached hydrogen (secondary N) is 2. The van der Waals surface area contributed by atoms with Crippen molar-refractivity contribution in [1.29, 1.82) is 0 Å². The minimum absolute atomic E-state index is 0.0869. The van der Waals surface area contributed by atoms with Crippen LogP contribution >= 0.6 is 0 Å². The number of rotatable bonds is 8. The molecule has 2 aromatic rings. The third-order valence-corrected chi connectivity index (χ3v) is 5.41. The summed E-state index contributed by atoms with van der Waals surface area (Å²) < 4.78 is 5.16. The maximum Gasteiger partial charge on any atom is 0.275 e. The van der Waals surface area contributed by atoms with Gasteiger partial charge in [-0.1, -0.05) is 12.1 Å². The SMILES string of the molecule is COc1ccc(CCNC(=O)C[NH+]2CCN(c3ccc(C(C)=O)cc3)CC2)cc1. The topological polar surface area (TPSA) is 63.1 Å². The molecule has 0 aromatic heterocycles. The third kappa shape index (κ3) is 6.06. The summed E-state index contributed by atoms with van der Waals surface area (Å²) in [6.45, 7) is 6.43. The lowest BCUT2D eigenvalue weighted by molar-refractivity contribution is -0.892. The lowest BCUT2D eigenvalue weighted by Gasteiger charge is -2.33. The molecule has 1 fully saturated rings. The Balaban J connectivity index is 1.37. The van der Waals surface area contributed by atoms with Crippen LogP contribution in [0.4, 0.5) is 5.69 Å². The molecular formula is C23H30N3O3+. The largest absolute Gasteiger partial charge is 0.497 e. The maximum absolute atomic E-state index is 12.3. The van der Waals surface area contributed by atoms with Crippen molar-refractivity contribution in [3.63, 3.8) is 0 Å². The van der Waals surface area contributed by atoms with Crippen LogP contribution in [0.5, 0.6) is 5.75 Å². The van der Waals surface area contributed by atoms with Crippen molar-refractivity contribution < 1.29 is 19.2 Å². The van der Waals surface area contributed by atoms with Crippen LogP contribution in [0, 0.1) is 0 Å². The van der Waals surface area contributed by atoms with Crippen LogP contribution < -0.4 is 19.9 Å². The van der Waals surface area contributed by atoms with Gasteiger partial charge in [0.15, 0.2) is 12.3 Å². The zero-order chi connectivity index (χ0) is 20.6. The van der Waals surface area contributed by atoms with Gasteiger partial charge in [-0.3, -0.25) is 9.59 Å². The van der Waals surface area contributed by atoms with Crippen LogP contribution in [0.2, 0.25) is 0 Å². The van der Waals surface area contributed by atoms with Gasteiger partial charge in [-0.25, -0.2) is 0 Å². The number of amides is 1. The molecule has 1 saturated heterocycles. The van der Waals surface area contributed by atoms with E-state index in [4.69, 9.17) is 4.74 Å². The van der Waals surface area contributed by atoms with Crippen LogP contribution in [0.25, 0.3) is 0 Å². The number of ether oxygens (including phenoxy) is 1. The number of carbonyl (C=O) groups excluding carboxylic acids is 2. The Bertz CT molecular complexity index is 810. The summed E-state index contributed by atoms with van der Waals surface area (Å²) in [5, 5.41) is 3.03. The molecule has 1 amide bonds. The Labute approximate surface area is 172 Å². The van der Waals surface area contributed by atoms with E-state index in [-0.39, 0.29) is 11.7 Å². The van der Waals surface area contributed by atoms with Crippen molar-refractivity contribution in [2.45, 2.75) is 13.3 Å². The molecule has 0 saturated carbocycles. The predicted octanol–water partition coefficient (Wildman–Crippen LogP) is 0.962. The van der Waals surface area contributed by atoms with Gasteiger partial charge < -0.3 is 19.9 Å². The normalized spacial score (nSPS) is 14.5. The zero-order valence-corrected chi connectivity index (χ0v) is 17.2. The first-order valence-electron chi connectivity index (χ1n) is 10.1. The fourth-order valence-corrected chi connectivity index (χ4v) is 3.59. The van der Waals surface area contributed by atoms with E-state index >= 15 is 0 Å². The summed E-state index contributed by atoms with van der Waals surface area (Å²) in [6, 6.07) is 15.7. The number of quaternary nitrogens is 1. The molecule has 0 spiro atoms. The molecule has 6 heteroatoms. The highest BCUT2D eigenvalue weighted by Crippen LogP contribution is 2.15. The fourth-order valence-electron chi connectivity index (χ4n) is 3.59. The first-order chi connectivity index (χ1) is 14.0. The first kappa shape index (κ1) is 20.9. The average Bonchev–Trinajstić information content (AvgIpc) is 2.75. The molecule has 154 valence electrons. The summed E-state index contributed by atoms with van der Waals surface area (Å²) in [5.41, 5.74) is 3.06. The minimum Gasteiger partial charge on any atom is -0.497 e. The number of benzene rings is 2. The standard InChI is InChI=1S/C23H29N3O3/c1-18(27)20-5-7-21(8-6-20)26-15-13-25(14-16-26)17-23(28)24-12-11-19-3-9-22(29-2)10-4-19/h3-10H,11-17H2,1-2H3,(H,24,28)/p+1. The summed E-state index contributed by atoms with van der Waals surface area (Å²) in [6.07, 6.45) is 0.815. The van der Waals surface area contributed by atoms with Crippen molar-refractivity contribution in [1.82, 2.24) is 5.32 Å². The number of hydrogen-bond donors (Lipinski definition) is 2. The molecule has 0 unspecified atom stereocenters. The monoisotopic (exact) mass is 396 g/mol. The van der Waals surface area contributed by atoms with Crippen molar-refractivity contribution in [3.05, 3.63) is 59.7 Å². The molecular weight excluding hydrogens is 366 g/mol. The highest BCUT2D eigenvalue weighted by atomic mass is 16.5. The molecule has 2 N–H and O–H groups in total. The molecule has 0 atom stereocenters. The lowest BCUT2D eigenvalue weighted by atomic mass is 10.1. The molecule has 1 aliphatic heterocycles. The smallest absolute Gasteiger partial charge is 0.275 e. The van der Waals surface area contributed by atoms with E-state index in [2.05, 4.69) is 10.2 Å². The number of piperazine rings is 1. The number of Topliss-reactive ketones (excluding diaryl/α,β-unsaturated/α-hetero) is 1. The molecule has 6 nitrogen and oxygen atoms in total. The Morgan fingerprint density at radius 2 is 1.69 bits per heavy atom. The van der Waals surface area contributed by atoms with Gasteiger partial charge in [-0.2, -0.15) is 0 Å². The van der Waals surface area contributed by atoms with E-state index in [1.165, 1.54) is 10.5 Å². The second-order valence-corrected chi connectivity index (χ2v) is 7.46. The van der Waals surface area contributed by atoms with E-state index in [1.54, 1.807) is 14.0 Å². The summed E-state index contributed by atoms with van der Waals surface area (Å²) in [4.78, 5) is 27.3. The molecule has 0 radical (unpaired) electrons. The molecule has 1 heterocycles. The highest BCUT2D eigenvalue weighted by Gasteiger charge is 2.22. The predicted molar refractivity (Wildman–Crippen MR) is 114 cm³/mol. The summed E-state index contributed by atoms with van der Waals surface area (Å²) in [7, 11) is 1.65. The molecule has 29 heavy (non-hydrogen) atoms. The van der Waals surface area contributed by atoms with Gasteiger partial charge in [0.25, 0.3) is 5.91 Å². The first-order valence-corrected chi connectivity index (χ1v) is 10.1. The second kappa shape index (κ2) is 10.1. The fraction of sp³-hybridized carbons (Fsp3) is 0.391. The number of anilines is 1. The van der Waals surface area contributed by atoms with Crippen LogP contribution in [-0.2, 0) is 11.2 Å². The van der Waals surface area contributed by atoms with Crippen molar-refractivity contribution in [2.75, 3.05) is 51.3 Å². The number of nitrogens with zero attached hydrogens (tertiary/aromatic N) is 1. The van der Waals surface area contributed by atoms with Crippen LogP contribution in [0.1, 0.15) is 22.8 Å². The van der Waals surface area contributed by atoms with Gasteiger partial charge in [0.1, 0.15) is 5.75 Å². The zero-order valence-electron chi connectivity index (χ0n) is 17.2. The quantitative estimate of drug-likeness (QED) is 0.653. The van der Waals surface area contributed by atoms with E-state index in [1.807, 2.05) is 48.5 Å². The number of ketones is 1. The van der Waals surface area contributed by atoms with Gasteiger partial charge >= 0.3 is 0 Å².